The number of imide groups is 1. The average molecular weight is 407 g/mol. The summed E-state index contributed by atoms with van der Waals surface area (Å²) in [5, 5.41) is 5.96. The van der Waals surface area contributed by atoms with E-state index in [1.165, 1.54) is 6.21 Å². The van der Waals surface area contributed by atoms with E-state index in [1.54, 1.807) is 6.07 Å². The van der Waals surface area contributed by atoms with Crippen LogP contribution in [-0.2, 0) is 9.59 Å². The fourth-order valence-electron chi connectivity index (χ4n) is 5.49. The first-order valence-electron chi connectivity index (χ1n) is 9.99. The molecule has 2 heterocycles. The van der Waals surface area contributed by atoms with Crippen molar-refractivity contribution >= 4 is 29.6 Å². The second-order valence-corrected chi connectivity index (χ2v) is 8.96. The van der Waals surface area contributed by atoms with Gasteiger partial charge >= 0.3 is 0 Å². The minimum Gasteiger partial charge on any atom is -0.455 e. The smallest absolute Gasteiger partial charge is 0.254 e. The lowest BCUT2D eigenvalue weighted by atomic mass is 9.63. The van der Waals surface area contributed by atoms with Gasteiger partial charge in [0, 0.05) is 10.6 Å². The van der Waals surface area contributed by atoms with Crippen molar-refractivity contribution in [3.05, 3.63) is 58.8 Å². The largest absolute Gasteiger partial charge is 0.455 e. The van der Waals surface area contributed by atoms with Crippen molar-refractivity contribution in [1.82, 2.24) is 5.01 Å². The highest BCUT2D eigenvalue weighted by molar-refractivity contribution is 6.31. The molecule has 1 aromatic heterocycles. The van der Waals surface area contributed by atoms with Crippen LogP contribution in [0.4, 0.5) is 0 Å². The number of allylic oxidation sites excluding steroid dienone is 2. The van der Waals surface area contributed by atoms with Gasteiger partial charge in [-0.05, 0) is 60.8 Å². The van der Waals surface area contributed by atoms with Gasteiger partial charge in [-0.25, -0.2) is 0 Å². The molecule has 4 aliphatic carbocycles. The van der Waals surface area contributed by atoms with Crippen molar-refractivity contribution in [2.45, 2.75) is 13.3 Å². The summed E-state index contributed by atoms with van der Waals surface area (Å²) in [6.45, 7) is 1.94. The topological polar surface area (TPSA) is 62.9 Å². The van der Waals surface area contributed by atoms with E-state index in [9.17, 15) is 9.59 Å². The van der Waals surface area contributed by atoms with Gasteiger partial charge in [0.1, 0.15) is 11.5 Å². The van der Waals surface area contributed by atoms with Crippen LogP contribution in [0.2, 0.25) is 5.02 Å². The van der Waals surface area contributed by atoms with Gasteiger partial charge in [0.2, 0.25) is 0 Å². The van der Waals surface area contributed by atoms with Crippen molar-refractivity contribution in [3.63, 3.8) is 0 Å². The number of hydrogen-bond acceptors (Lipinski definition) is 4. The summed E-state index contributed by atoms with van der Waals surface area (Å²) in [7, 11) is 0. The number of halogens is 1. The number of amides is 2. The third-order valence-electron chi connectivity index (χ3n) is 7.02. The average Bonchev–Trinajstić information content (AvgIpc) is 3.36. The Hall–Kier alpha value is -2.66. The Balaban J connectivity index is 1.24. The molecule has 3 fully saturated rings. The predicted molar refractivity (Wildman–Crippen MR) is 108 cm³/mol. The number of rotatable bonds is 3. The molecule has 0 spiro atoms. The summed E-state index contributed by atoms with van der Waals surface area (Å²) in [5.41, 5.74) is 1.86. The van der Waals surface area contributed by atoms with Crippen LogP contribution >= 0.6 is 11.6 Å². The Morgan fingerprint density at radius 3 is 2.41 bits per heavy atom. The Morgan fingerprint density at radius 2 is 1.76 bits per heavy atom. The minimum atomic E-state index is -0.236. The highest BCUT2D eigenvalue weighted by Gasteiger charge is 2.67. The first-order chi connectivity index (χ1) is 14.0. The zero-order valence-corrected chi connectivity index (χ0v) is 16.5. The summed E-state index contributed by atoms with van der Waals surface area (Å²) >= 11 is 6.20. The molecule has 1 aromatic carbocycles. The quantitative estimate of drug-likeness (QED) is 0.434. The molecule has 1 aliphatic heterocycles. The van der Waals surface area contributed by atoms with Crippen LogP contribution in [0.3, 0.4) is 0 Å². The SMILES string of the molecule is Cc1ccc(-c2ccc(/C=N\N3C(=O)[C@H]4[C@@H]5C=C[C@H]([C@@H]6C[C@H]56)[C@@H]4C3=O)o2)cc1Cl. The summed E-state index contributed by atoms with van der Waals surface area (Å²) in [6.07, 6.45) is 6.91. The fourth-order valence-corrected chi connectivity index (χ4v) is 5.67. The third kappa shape index (κ3) is 2.43. The second kappa shape index (κ2) is 5.92. The van der Waals surface area contributed by atoms with E-state index in [-0.39, 0.29) is 35.5 Å². The highest BCUT2D eigenvalue weighted by Crippen LogP contribution is 2.65. The van der Waals surface area contributed by atoms with Gasteiger partial charge < -0.3 is 4.42 Å². The lowest BCUT2D eigenvalue weighted by molar-refractivity contribution is -0.140. The first-order valence-corrected chi connectivity index (χ1v) is 10.4. The normalized spacial score (nSPS) is 34.2. The summed E-state index contributed by atoms with van der Waals surface area (Å²) in [4.78, 5) is 25.9. The molecule has 2 aromatic rings. The van der Waals surface area contributed by atoms with Crippen molar-refractivity contribution in [3.8, 4) is 11.3 Å². The van der Waals surface area contributed by atoms with Crippen LogP contribution in [0.25, 0.3) is 11.3 Å². The summed E-state index contributed by atoms with van der Waals surface area (Å²) in [5.74, 6) is 1.90. The number of hydrazone groups is 1. The van der Waals surface area contributed by atoms with E-state index >= 15 is 0 Å². The molecule has 2 amide bonds. The maximum Gasteiger partial charge on any atom is 0.254 e. The Kier molecular flexibility index (Phi) is 3.52. The molecule has 146 valence electrons. The van der Waals surface area contributed by atoms with E-state index in [1.807, 2.05) is 31.2 Å². The van der Waals surface area contributed by atoms with Crippen molar-refractivity contribution in [1.29, 1.82) is 0 Å². The van der Waals surface area contributed by atoms with Crippen LogP contribution in [0.15, 0.2) is 52.0 Å². The zero-order valence-electron chi connectivity index (χ0n) is 15.8. The molecule has 0 N–H and O–H groups in total. The summed E-state index contributed by atoms with van der Waals surface area (Å²) < 4.78 is 5.82. The van der Waals surface area contributed by atoms with Crippen molar-refractivity contribution in [2.75, 3.05) is 0 Å². The number of nitrogens with zero attached hydrogens (tertiary/aromatic N) is 2. The first kappa shape index (κ1) is 17.2. The van der Waals surface area contributed by atoms with Gasteiger partial charge in [-0.1, -0.05) is 35.9 Å². The van der Waals surface area contributed by atoms with Crippen LogP contribution in [0.1, 0.15) is 17.7 Å². The third-order valence-corrected chi connectivity index (χ3v) is 7.43. The molecule has 0 radical (unpaired) electrons. The Labute approximate surface area is 173 Å². The minimum absolute atomic E-state index is 0.168. The van der Waals surface area contributed by atoms with Crippen molar-refractivity contribution in [2.24, 2.45) is 40.6 Å². The predicted octanol–water partition coefficient (Wildman–Crippen LogP) is 4.30. The molecule has 5 aliphatic rings. The number of carbonyl (C=O) groups is 2. The van der Waals surface area contributed by atoms with Gasteiger partial charge in [0.05, 0.1) is 18.1 Å². The van der Waals surface area contributed by atoms with Crippen molar-refractivity contribution < 1.29 is 14.0 Å². The molecule has 0 unspecified atom stereocenters. The highest BCUT2D eigenvalue weighted by atomic mass is 35.5. The molecule has 1 saturated heterocycles. The standard InChI is InChI=1S/C23H19ClN2O3/c1-11-2-3-12(8-18(11)24)19-7-4-13(29-19)10-25-26-22(27)20-14-5-6-15(17-9-16(14)17)21(20)23(26)28/h2-8,10,14-17,20-21H,9H2,1H3/b25-10-/t14-,15-,16-,17+,20+,21+/m1/s1. The van der Waals surface area contributed by atoms with E-state index in [0.717, 1.165) is 22.6 Å². The Bertz CT molecular complexity index is 1080. The number of aryl methyl sites for hydroxylation is 1. The van der Waals surface area contributed by atoms with E-state index in [0.29, 0.717) is 28.4 Å². The molecule has 2 saturated carbocycles. The number of furan rings is 1. The van der Waals surface area contributed by atoms with Crippen LogP contribution < -0.4 is 0 Å². The van der Waals surface area contributed by atoms with E-state index < -0.39 is 0 Å². The molecule has 6 heteroatoms. The number of hydrogen-bond donors (Lipinski definition) is 0. The van der Waals surface area contributed by atoms with Gasteiger partial charge in [0.15, 0.2) is 0 Å². The molecule has 5 nitrogen and oxygen atoms in total. The van der Waals surface area contributed by atoms with Gasteiger partial charge in [-0.15, -0.1) is 0 Å². The molecule has 7 rings (SSSR count). The van der Waals surface area contributed by atoms with E-state index in [2.05, 4.69) is 17.3 Å². The van der Waals surface area contributed by atoms with E-state index in [4.69, 9.17) is 16.0 Å². The summed E-state index contributed by atoms with van der Waals surface area (Å²) in [6, 6.07) is 9.32. The second-order valence-electron chi connectivity index (χ2n) is 8.55. The number of carbonyl (C=O) groups excluding carboxylic acids is 2. The molecular formula is C23H19ClN2O3. The maximum atomic E-state index is 12.9. The monoisotopic (exact) mass is 406 g/mol. The lowest BCUT2D eigenvalue weighted by Crippen LogP contribution is -2.40. The Morgan fingerprint density at radius 1 is 1.07 bits per heavy atom. The fraction of sp³-hybridized carbons (Fsp3) is 0.348. The number of benzene rings is 1. The van der Waals surface area contributed by atoms with Gasteiger partial charge in [-0.3, -0.25) is 9.59 Å². The van der Waals surface area contributed by atoms with Gasteiger partial charge in [-0.2, -0.15) is 10.1 Å². The molecule has 29 heavy (non-hydrogen) atoms. The molecule has 2 bridgehead atoms. The zero-order chi connectivity index (χ0) is 19.9. The van der Waals surface area contributed by atoms with Crippen LogP contribution in [0.5, 0.6) is 0 Å². The van der Waals surface area contributed by atoms with Crippen LogP contribution in [-0.4, -0.2) is 23.0 Å². The maximum absolute atomic E-state index is 12.9. The van der Waals surface area contributed by atoms with Gasteiger partial charge in [0.25, 0.3) is 11.8 Å². The molecule has 6 atom stereocenters. The lowest BCUT2D eigenvalue weighted by Gasteiger charge is -2.37. The molecular weight excluding hydrogens is 388 g/mol. The van der Waals surface area contributed by atoms with Crippen LogP contribution in [0, 0.1) is 42.4 Å².